The van der Waals surface area contributed by atoms with Crippen molar-refractivity contribution < 1.29 is 4.74 Å². The lowest BCUT2D eigenvalue weighted by Crippen LogP contribution is -2.23. The zero-order chi connectivity index (χ0) is 18.8. The molecule has 1 aliphatic rings. The van der Waals surface area contributed by atoms with Crippen LogP contribution in [0.3, 0.4) is 0 Å². The zero-order valence-corrected chi connectivity index (χ0v) is 16.1. The second kappa shape index (κ2) is 7.47. The van der Waals surface area contributed by atoms with Crippen molar-refractivity contribution in [3.63, 3.8) is 0 Å². The minimum absolute atomic E-state index is 0.0234. The van der Waals surface area contributed by atoms with E-state index < -0.39 is 0 Å². The molecular formula is C21H20N4OS. The maximum absolute atomic E-state index is 9.43. The van der Waals surface area contributed by atoms with E-state index in [4.69, 9.17) is 4.74 Å². The third kappa shape index (κ3) is 3.70. The molecular weight excluding hydrogens is 356 g/mol. The van der Waals surface area contributed by atoms with E-state index in [-0.39, 0.29) is 6.10 Å². The summed E-state index contributed by atoms with van der Waals surface area (Å²) in [5.74, 6) is 0.601. The number of nitrogens with zero attached hydrogens (tertiary/aromatic N) is 3. The van der Waals surface area contributed by atoms with Crippen molar-refractivity contribution in [1.29, 1.82) is 5.26 Å². The molecule has 0 radical (unpaired) electrons. The standard InChI is InChI=1S/C21H20N4OS/c1-13(2)26-19-6-5-16(10-18(19)11-22)21-25-24-20(27-21)15-3-4-17-12-23-8-7-14(17)9-15/h3-6,9-10,13,23H,7-8,12H2,1-2H3. The summed E-state index contributed by atoms with van der Waals surface area (Å²) in [7, 11) is 0. The molecule has 27 heavy (non-hydrogen) atoms. The van der Waals surface area contributed by atoms with E-state index in [0.29, 0.717) is 11.3 Å². The van der Waals surface area contributed by atoms with Crippen molar-refractivity contribution in [2.24, 2.45) is 0 Å². The van der Waals surface area contributed by atoms with Crippen molar-refractivity contribution in [3.8, 4) is 33.0 Å². The van der Waals surface area contributed by atoms with Gasteiger partial charge >= 0.3 is 0 Å². The van der Waals surface area contributed by atoms with Gasteiger partial charge in [-0.1, -0.05) is 23.5 Å². The Bertz CT molecular complexity index is 1020. The summed E-state index contributed by atoms with van der Waals surface area (Å²) in [4.78, 5) is 0. The molecule has 2 aromatic carbocycles. The van der Waals surface area contributed by atoms with Crippen LogP contribution in [0.2, 0.25) is 0 Å². The molecule has 0 spiro atoms. The quantitative estimate of drug-likeness (QED) is 0.740. The monoisotopic (exact) mass is 376 g/mol. The molecule has 1 N–H and O–H groups in total. The van der Waals surface area contributed by atoms with Crippen LogP contribution in [-0.2, 0) is 13.0 Å². The molecule has 0 atom stereocenters. The molecule has 0 amide bonds. The summed E-state index contributed by atoms with van der Waals surface area (Å²) in [6, 6.07) is 14.3. The van der Waals surface area contributed by atoms with Crippen molar-refractivity contribution in [1.82, 2.24) is 15.5 Å². The fourth-order valence-electron chi connectivity index (χ4n) is 3.17. The predicted octanol–water partition coefficient (Wildman–Crippen LogP) is 4.18. The normalized spacial score (nSPS) is 13.3. The molecule has 0 unspecified atom stereocenters. The smallest absolute Gasteiger partial charge is 0.148 e. The molecule has 2 heterocycles. The van der Waals surface area contributed by atoms with Crippen molar-refractivity contribution >= 4 is 11.3 Å². The number of aromatic nitrogens is 2. The summed E-state index contributed by atoms with van der Waals surface area (Å²) in [5, 5.41) is 23.2. The number of nitrogens with one attached hydrogen (secondary N) is 1. The molecule has 0 aliphatic carbocycles. The summed E-state index contributed by atoms with van der Waals surface area (Å²) >= 11 is 1.54. The van der Waals surface area contributed by atoms with Gasteiger partial charge < -0.3 is 10.1 Å². The third-order valence-electron chi connectivity index (χ3n) is 4.47. The highest BCUT2D eigenvalue weighted by atomic mass is 32.1. The van der Waals surface area contributed by atoms with E-state index in [2.05, 4.69) is 39.8 Å². The van der Waals surface area contributed by atoms with Gasteiger partial charge in [-0.05, 0) is 62.2 Å². The fraction of sp³-hybridized carbons (Fsp3) is 0.286. The first kappa shape index (κ1) is 17.7. The molecule has 0 saturated carbocycles. The fourth-order valence-corrected chi connectivity index (χ4v) is 4.01. The van der Waals surface area contributed by atoms with E-state index in [1.54, 1.807) is 11.3 Å². The van der Waals surface area contributed by atoms with Gasteiger partial charge in [-0.15, -0.1) is 10.2 Å². The van der Waals surface area contributed by atoms with Crippen LogP contribution < -0.4 is 10.1 Å². The first-order valence-corrected chi connectivity index (χ1v) is 9.83. The van der Waals surface area contributed by atoms with Gasteiger partial charge in [0.25, 0.3) is 0 Å². The largest absolute Gasteiger partial charge is 0.490 e. The molecule has 136 valence electrons. The molecule has 3 aromatic rings. The van der Waals surface area contributed by atoms with Crippen LogP contribution in [0.4, 0.5) is 0 Å². The molecule has 6 heteroatoms. The number of fused-ring (bicyclic) bond motifs is 1. The molecule has 1 aliphatic heterocycles. The summed E-state index contributed by atoms with van der Waals surface area (Å²) in [6.07, 6.45) is 1.06. The van der Waals surface area contributed by atoms with Crippen LogP contribution >= 0.6 is 11.3 Å². The average molecular weight is 376 g/mol. The number of rotatable bonds is 4. The van der Waals surface area contributed by atoms with Crippen molar-refractivity contribution in [2.75, 3.05) is 6.54 Å². The second-order valence-corrected chi connectivity index (χ2v) is 7.79. The van der Waals surface area contributed by atoms with Crippen LogP contribution in [0.1, 0.15) is 30.5 Å². The van der Waals surface area contributed by atoms with E-state index in [9.17, 15) is 5.26 Å². The first-order chi connectivity index (χ1) is 13.1. The molecule has 0 bridgehead atoms. The van der Waals surface area contributed by atoms with Gasteiger partial charge in [-0.25, -0.2) is 0 Å². The van der Waals surface area contributed by atoms with Crippen molar-refractivity contribution in [2.45, 2.75) is 32.9 Å². The summed E-state index contributed by atoms with van der Waals surface area (Å²) in [5.41, 5.74) is 5.23. The Kier molecular flexibility index (Phi) is 4.88. The lowest BCUT2D eigenvalue weighted by molar-refractivity contribution is 0.242. The van der Waals surface area contributed by atoms with Gasteiger partial charge in [0.15, 0.2) is 0 Å². The van der Waals surface area contributed by atoms with Crippen LogP contribution in [0, 0.1) is 11.3 Å². The minimum atomic E-state index is 0.0234. The van der Waals surface area contributed by atoms with Gasteiger partial charge in [-0.2, -0.15) is 5.26 Å². The van der Waals surface area contributed by atoms with Crippen LogP contribution in [-0.4, -0.2) is 22.8 Å². The average Bonchev–Trinajstić information content (AvgIpc) is 3.17. The van der Waals surface area contributed by atoms with Crippen LogP contribution in [0.25, 0.3) is 21.1 Å². The molecule has 0 fully saturated rings. The number of hydrogen-bond donors (Lipinski definition) is 1. The molecule has 4 rings (SSSR count). The molecule has 1 aromatic heterocycles. The third-order valence-corrected chi connectivity index (χ3v) is 5.50. The van der Waals surface area contributed by atoms with Gasteiger partial charge in [0.1, 0.15) is 21.8 Å². The molecule has 0 saturated heterocycles. The SMILES string of the molecule is CC(C)Oc1ccc(-c2nnc(-c3ccc4c(c3)CCNC4)s2)cc1C#N. The van der Waals surface area contributed by atoms with Crippen LogP contribution in [0.15, 0.2) is 36.4 Å². The van der Waals surface area contributed by atoms with Gasteiger partial charge in [0, 0.05) is 17.7 Å². The Labute approximate surface area is 162 Å². The number of hydrogen-bond acceptors (Lipinski definition) is 6. The number of ether oxygens (including phenoxy) is 1. The van der Waals surface area contributed by atoms with Gasteiger partial charge in [0.2, 0.25) is 0 Å². The maximum Gasteiger partial charge on any atom is 0.148 e. The highest BCUT2D eigenvalue weighted by Crippen LogP contribution is 2.33. The highest BCUT2D eigenvalue weighted by Gasteiger charge is 2.14. The van der Waals surface area contributed by atoms with Crippen LogP contribution in [0.5, 0.6) is 5.75 Å². The predicted molar refractivity (Wildman–Crippen MR) is 107 cm³/mol. The Balaban J connectivity index is 1.64. The first-order valence-electron chi connectivity index (χ1n) is 9.01. The second-order valence-electron chi connectivity index (χ2n) is 6.81. The van der Waals surface area contributed by atoms with E-state index >= 15 is 0 Å². The van der Waals surface area contributed by atoms with E-state index in [1.165, 1.54) is 11.1 Å². The summed E-state index contributed by atoms with van der Waals surface area (Å²) in [6.45, 7) is 5.83. The van der Waals surface area contributed by atoms with E-state index in [1.807, 2.05) is 32.0 Å². The lowest BCUT2D eigenvalue weighted by atomic mass is 9.99. The van der Waals surface area contributed by atoms with Gasteiger partial charge in [0.05, 0.1) is 11.7 Å². The van der Waals surface area contributed by atoms with Gasteiger partial charge in [-0.3, -0.25) is 0 Å². The Hall–Kier alpha value is -2.75. The van der Waals surface area contributed by atoms with E-state index in [0.717, 1.165) is 40.7 Å². The highest BCUT2D eigenvalue weighted by molar-refractivity contribution is 7.17. The topological polar surface area (TPSA) is 70.8 Å². The Morgan fingerprint density at radius 1 is 1.07 bits per heavy atom. The summed E-state index contributed by atoms with van der Waals surface area (Å²) < 4.78 is 5.69. The lowest BCUT2D eigenvalue weighted by Gasteiger charge is -2.17. The maximum atomic E-state index is 9.43. The Morgan fingerprint density at radius 3 is 2.56 bits per heavy atom. The number of nitriles is 1. The zero-order valence-electron chi connectivity index (χ0n) is 15.3. The molecule has 5 nitrogen and oxygen atoms in total. The number of benzene rings is 2. The Morgan fingerprint density at radius 2 is 1.81 bits per heavy atom. The van der Waals surface area contributed by atoms with Crippen molar-refractivity contribution in [3.05, 3.63) is 53.1 Å². The minimum Gasteiger partial charge on any atom is -0.490 e.